The fourth-order valence-electron chi connectivity index (χ4n) is 1.46. The predicted octanol–water partition coefficient (Wildman–Crippen LogP) is 1.90. The minimum Gasteiger partial charge on any atom is -0.493 e. The number of aromatic nitrogens is 1. The first-order chi connectivity index (χ1) is 9.55. The first kappa shape index (κ1) is 14.8. The molecule has 0 unspecified atom stereocenters. The van der Waals surface area contributed by atoms with Crippen LogP contribution in [-0.4, -0.2) is 25.8 Å². The van der Waals surface area contributed by atoms with Gasteiger partial charge in [0.1, 0.15) is 5.75 Å². The number of rotatable bonds is 6. The summed E-state index contributed by atoms with van der Waals surface area (Å²) in [5.41, 5.74) is 0. The largest absolute Gasteiger partial charge is 0.493 e. The van der Waals surface area contributed by atoms with E-state index >= 15 is 0 Å². The van der Waals surface area contributed by atoms with E-state index in [1.54, 1.807) is 30.1 Å². The Morgan fingerprint density at radius 2 is 1.90 bits per heavy atom. The molecule has 0 spiro atoms. The second kappa shape index (κ2) is 6.74. The maximum absolute atomic E-state index is 11.1. The molecule has 0 fully saturated rings. The van der Waals surface area contributed by atoms with Crippen LogP contribution in [0.5, 0.6) is 5.75 Å². The van der Waals surface area contributed by atoms with Gasteiger partial charge in [0.05, 0.1) is 16.5 Å². The van der Waals surface area contributed by atoms with Crippen LogP contribution in [0, 0.1) is 0 Å². The topological polar surface area (TPSA) is 82.3 Å². The van der Waals surface area contributed by atoms with Gasteiger partial charge in [-0.1, -0.05) is 6.07 Å². The second-order valence-corrected chi connectivity index (χ2v) is 6.56. The van der Waals surface area contributed by atoms with Crippen LogP contribution >= 0.6 is 11.8 Å². The van der Waals surface area contributed by atoms with Crippen molar-refractivity contribution in [3.8, 4) is 5.75 Å². The number of thioether (sulfide) groups is 1. The predicted molar refractivity (Wildman–Crippen MR) is 78.3 cm³/mol. The van der Waals surface area contributed by atoms with Crippen LogP contribution < -0.4 is 9.88 Å². The van der Waals surface area contributed by atoms with Gasteiger partial charge in [-0.3, -0.25) is 0 Å². The van der Waals surface area contributed by atoms with Crippen LogP contribution in [-0.2, 0) is 10.0 Å². The minimum atomic E-state index is -3.65. The highest BCUT2D eigenvalue weighted by atomic mass is 32.2. The summed E-state index contributed by atoms with van der Waals surface area (Å²) in [5, 5.41) is 5.96. The lowest BCUT2D eigenvalue weighted by atomic mass is 10.3. The van der Waals surface area contributed by atoms with Crippen molar-refractivity contribution in [1.82, 2.24) is 4.98 Å². The number of pyridine rings is 1. The Morgan fingerprint density at radius 3 is 2.50 bits per heavy atom. The van der Waals surface area contributed by atoms with E-state index in [1.165, 1.54) is 12.1 Å². The molecule has 0 radical (unpaired) electrons. The normalized spacial score (nSPS) is 11.2. The number of benzene rings is 1. The van der Waals surface area contributed by atoms with Crippen molar-refractivity contribution in [2.45, 2.75) is 9.92 Å². The van der Waals surface area contributed by atoms with Gasteiger partial charge in [-0.2, -0.15) is 0 Å². The molecule has 0 aliphatic carbocycles. The van der Waals surface area contributed by atoms with Gasteiger partial charge in [0.25, 0.3) is 0 Å². The molecule has 5 nitrogen and oxygen atoms in total. The third kappa shape index (κ3) is 4.52. The molecule has 7 heteroatoms. The number of hydrogen-bond donors (Lipinski definition) is 1. The van der Waals surface area contributed by atoms with E-state index in [1.807, 2.05) is 18.2 Å². The van der Waals surface area contributed by atoms with E-state index in [0.717, 1.165) is 10.8 Å². The highest BCUT2D eigenvalue weighted by Crippen LogP contribution is 2.17. The number of primary sulfonamides is 1. The summed E-state index contributed by atoms with van der Waals surface area (Å²) in [6, 6.07) is 11.8. The Hall–Kier alpha value is -1.57. The Balaban J connectivity index is 1.80. The summed E-state index contributed by atoms with van der Waals surface area (Å²) in [6.07, 6.45) is 1.75. The quantitative estimate of drug-likeness (QED) is 0.651. The fraction of sp³-hybridized carbons (Fsp3) is 0.154. The van der Waals surface area contributed by atoms with Gasteiger partial charge in [-0.05, 0) is 36.4 Å². The van der Waals surface area contributed by atoms with Crippen molar-refractivity contribution in [2.75, 3.05) is 12.4 Å². The first-order valence-electron chi connectivity index (χ1n) is 5.85. The third-order valence-electron chi connectivity index (χ3n) is 2.39. The summed E-state index contributed by atoms with van der Waals surface area (Å²) >= 11 is 1.60. The van der Waals surface area contributed by atoms with Crippen LogP contribution in [0.1, 0.15) is 0 Å². The summed E-state index contributed by atoms with van der Waals surface area (Å²) < 4.78 is 27.7. The van der Waals surface area contributed by atoms with Crippen molar-refractivity contribution in [1.29, 1.82) is 0 Å². The molecular formula is C13H14N2O3S2. The molecule has 1 heterocycles. The molecule has 0 aliphatic rings. The highest BCUT2D eigenvalue weighted by Gasteiger charge is 2.06. The van der Waals surface area contributed by atoms with Gasteiger partial charge in [-0.15, -0.1) is 11.8 Å². The molecule has 0 atom stereocenters. The average Bonchev–Trinajstić information content (AvgIpc) is 2.44. The number of nitrogens with zero attached hydrogens (tertiary/aromatic N) is 1. The molecular weight excluding hydrogens is 296 g/mol. The summed E-state index contributed by atoms with van der Waals surface area (Å²) in [7, 11) is -3.65. The minimum absolute atomic E-state index is 0.0766. The van der Waals surface area contributed by atoms with Crippen molar-refractivity contribution in [2.24, 2.45) is 5.14 Å². The average molecular weight is 310 g/mol. The molecule has 0 saturated carbocycles. The van der Waals surface area contributed by atoms with E-state index < -0.39 is 10.0 Å². The van der Waals surface area contributed by atoms with E-state index in [2.05, 4.69) is 4.98 Å². The van der Waals surface area contributed by atoms with Crippen molar-refractivity contribution in [3.63, 3.8) is 0 Å². The van der Waals surface area contributed by atoms with Gasteiger partial charge in [-0.25, -0.2) is 18.5 Å². The molecule has 2 rings (SSSR count). The molecule has 0 amide bonds. The molecule has 2 aromatic rings. The van der Waals surface area contributed by atoms with Crippen LogP contribution in [0.2, 0.25) is 0 Å². The molecule has 0 aliphatic heterocycles. The van der Waals surface area contributed by atoms with Gasteiger partial charge < -0.3 is 4.74 Å². The molecule has 0 bridgehead atoms. The number of sulfonamides is 1. The Labute approximate surface area is 122 Å². The highest BCUT2D eigenvalue weighted by molar-refractivity contribution is 7.99. The summed E-state index contributed by atoms with van der Waals surface area (Å²) in [6.45, 7) is 0.510. The summed E-state index contributed by atoms with van der Waals surface area (Å²) in [4.78, 5) is 4.27. The lowest BCUT2D eigenvalue weighted by molar-refractivity contribution is 0.343. The molecule has 1 aromatic carbocycles. The maximum atomic E-state index is 11.1. The zero-order valence-electron chi connectivity index (χ0n) is 10.6. The lowest BCUT2D eigenvalue weighted by Crippen LogP contribution is -2.11. The fourth-order valence-corrected chi connectivity index (χ4v) is 2.67. The Bertz CT molecular complexity index is 643. The van der Waals surface area contributed by atoms with Gasteiger partial charge in [0.15, 0.2) is 0 Å². The van der Waals surface area contributed by atoms with E-state index in [0.29, 0.717) is 12.4 Å². The van der Waals surface area contributed by atoms with Crippen LogP contribution in [0.15, 0.2) is 58.6 Å². The molecule has 106 valence electrons. The monoisotopic (exact) mass is 310 g/mol. The van der Waals surface area contributed by atoms with Gasteiger partial charge in [0, 0.05) is 11.9 Å². The smallest absolute Gasteiger partial charge is 0.238 e. The zero-order chi connectivity index (χ0) is 14.4. The van der Waals surface area contributed by atoms with E-state index in [9.17, 15) is 8.42 Å². The molecule has 1 aromatic heterocycles. The second-order valence-electron chi connectivity index (χ2n) is 3.88. The first-order valence-corrected chi connectivity index (χ1v) is 8.38. The number of hydrogen-bond acceptors (Lipinski definition) is 5. The van der Waals surface area contributed by atoms with E-state index in [-0.39, 0.29) is 4.90 Å². The SMILES string of the molecule is NS(=O)(=O)c1ccc(OCCSc2ccccn2)cc1. The maximum Gasteiger partial charge on any atom is 0.238 e. The van der Waals surface area contributed by atoms with Gasteiger partial charge in [0.2, 0.25) is 10.0 Å². The Morgan fingerprint density at radius 1 is 1.15 bits per heavy atom. The molecule has 20 heavy (non-hydrogen) atoms. The molecule has 2 N–H and O–H groups in total. The lowest BCUT2D eigenvalue weighted by Gasteiger charge is -2.06. The van der Waals surface area contributed by atoms with Crippen LogP contribution in [0.3, 0.4) is 0 Å². The van der Waals surface area contributed by atoms with Crippen molar-refractivity contribution >= 4 is 21.8 Å². The third-order valence-corrected chi connectivity index (χ3v) is 4.23. The summed E-state index contributed by atoms with van der Waals surface area (Å²) in [5.74, 6) is 1.37. The standard InChI is InChI=1S/C13H14N2O3S2/c14-20(16,17)12-6-4-11(5-7-12)18-9-10-19-13-3-1-2-8-15-13/h1-8H,9-10H2,(H2,14,16,17). The Kier molecular flexibility index (Phi) is 4.99. The van der Waals surface area contributed by atoms with E-state index in [4.69, 9.17) is 9.88 Å². The zero-order valence-corrected chi connectivity index (χ0v) is 12.2. The molecule has 0 saturated heterocycles. The van der Waals surface area contributed by atoms with Gasteiger partial charge >= 0.3 is 0 Å². The van der Waals surface area contributed by atoms with Crippen LogP contribution in [0.4, 0.5) is 0 Å². The number of ether oxygens (including phenoxy) is 1. The van der Waals surface area contributed by atoms with Crippen molar-refractivity contribution < 1.29 is 13.2 Å². The van der Waals surface area contributed by atoms with Crippen LogP contribution in [0.25, 0.3) is 0 Å². The van der Waals surface area contributed by atoms with Crippen molar-refractivity contribution in [3.05, 3.63) is 48.7 Å². The number of nitrogens with two attached hydrogens (primary N) is 1.